The second kappa shape index (κ2) is 11.1. The van der Waals surface area contributed by atoms with Crippen LogP contribution in [0.2, 0.25) is 0 Å². The lowest BCUT2D eigenvalue weighted by Gasteiger charge is -2.12. The number of ether oxygens (including phenoxy) is 3. The first-order chi connectivity index (χ1) is 17.1. The van der Waals surface area contributed by atoms with Crippen LogP contribution in [0.3, 0.4) is 0 Å². The highest BCUT2D eigenvalue weighted by molar-refractivity contribution is 5.62. The summed E-state index contributed by atoms with van der Waals surface area (Å²) in [4.78, 5) is 4.45. The second-order valence-corrected chi connectivity index (χ2v) is 7.72. The van der Waals surface area contributed by atoms with Gasteiger partial charge in [-0.1, -0.05) is 6.07 Å². The molecule has 1 N–H and O–H groups in total. The molecule has 3 aromatic carbocycles. The molecule has 4 rings (SSSR count). The van der Waals surface area contributed by atoms with Gasteiger partial charge >= 0.3 is 0 Å². The van der Waals surface area contributed by atoms with Crippen molar-refractivity contribution in [2.45, 2.75) is 13.1 Å². The number of nitrogens with one attached hydrogen (secondary N) is 1. The molecule has 0 aliphatic heterocycles. The predicted octanol–water partition coefficient (Wildman–Crippen LogP) is 5.86. The normalized spacial score (nSPS) is 10.5. The van der Waals surface area contributed by atoms with Crippen LogP contribution < -0.4 is 19.5 Å². The fraction of sp³-hybridized carbons (Fsp3) is 0.143. The van der Waals surface area contributed by atoms with Crippen molar-refractivity contribution in [3.63, 3.8) is 0 Å². The summed E-state index contributed by atoms with van der Waals surface area (Å²) in [5.74, 6) is 2.33. The molecule has 0 fully saturated rings. The van der Waals surface area contributed by atoms with Gasteiger partial charge in [0.25, 0.3) is 0 Å². The van der Waals surface area contributed by atoms with Crippen molar-refractivity contribution in [2.75, 3.05) is 14.2 Å². The number of hydrogen-bond donors (Lipinski definition) is 1. The van der Waals surface area contributed by atoms with E-state index in [1.165, 1.54) is 12.1 Å². The first kappa shape index (κ1) is 23.7. The van der Waals surface area contributed by atoms with Crippen LogP contribution in [0.1, 0.15) is 16.8 Å². The Morgan fingerprint density at radius 1 is 0.829 bits per heavy atom. The maximum absolute atomic E-state index is 13.1. The molecular formula is C28H24FN3O3. The standard InChI is InChI=1S/C28H24FN3O3/c1-33-26-10-5-21(28(15-26)34-2)18-31-17-19-13-23(16-30)32-27(14-19)20-3-8-24(9-4-20)35-25-11-6-22(29)7-12-25/h3-15,31H,17-18H2,1-2H3. The third-order valence-corrected chi connectivity index (χ3v) is 5.34. The smallest absolute Gasteiger partial charge is 0.141 e. The molecule has 0 aliphatic rings. The lowest BCUT2D eigenvalue weighted by Crippen LogP contribution is -2.14. The highest BCUT2D eigenvalue weighted by atomic mass is 19.1. The van der Waals surface area contributed by atoms with Crippen LogP contribution in [0, 0.1) is 17.1 Å². The number of halogens is 1. The topological polar surface area (TPSA) is 76.4 Å². The van der Waals surface area contributed by atoms with E-state index in [9.17, 15) is 9.65 Å². The summed E-state index contributed by atoms with van der Waals surface area (Å²) in [5.41, 5.74) is 3.82. The summed E-state index contributed by atoms with van der Waals surface area (Å²) in [6, 6.07) is 24.8. The third kappa shape index (κ3) is 6.14. The molecule has 0 amide bonds. The second-order valence-electron chi connectivity index (χ2n) is 7.72. The van der Waals surface area contributed by atoms with Crippen LogP contribution in [-0.4, -0.2) is 19.2 Å². The van der Waals surface area contributed by atoms with E-state index in [0.29, 0.717) is 36.0 Å². The number of nitriles is 1. The van der Waals surface area contributed by atoms with Gasteiger partial charge in [-0.15, -0.1) is 0 Å². The Hall–Kier alpha value is -4.41. The highest BCUT2D eigenvalue weighted by Crippen LogP contribution is 2.27. The fourth-order valence-electron chi connectivity index (χ4n) is 3.57. The van der Waals surface area contributed by atoms with E-state index in [0.717, 1.165) is 28.2 Å². The minimum Gasteiger partial charge on any atom is -0.497 e. The van der Waals surface area contributed by atoms with Gasteiger partial charge in [-0.25, -0.2) is 9.37 Å². The molecular weight excluding hydrogens is 445 g/mol. The molecule has 0 saturated carbocycles. The van der Waals surface area contributed by atoms with Crippen molar-refractivity contribution in [1.29, 1.82) is 5.26 Å². The zero-order valence-electron chi connectivity index (χ0n) is 19.4. The van der Waals surface area contributed by atoms with Gasteiger partial charge in [0.1, 0.15) is 40.6 Å². The summed E-state index contributed by atoms with van der Waals surface area (Å²) in [7, 11) is 3.25. The molecule has 0 radical (unpaired) electrons. The van der Waals surface area contributed by atoms with E-state index in [2.05, 4.69) is 16.4 Å². The number of rotatable bonds is 9. The largest absolute Gasteiger partial charge is 0.497 e. The Balaban J connectivity index is 1.46. The van der Waals surface area contributed by atoms with E-state index in [-0.39, 0.29) is 5.82 Å². The quantitative estimate of drug-likeness (QED) is 0.331. The zero-order valence-corrected chi connectivity index (χ0v) is 19.4. The maximum atomic E-state index is 13.1. The first-order valence-corrected chi connectivity index (χ1v) is 10.9. The Morgan fingerprint density at radius 3 is 2.17 bits per heavy atom. The van der Waals surface area contributed by atoms with Gasteiger partial charge in [-0.2, -0.15) is 5.26 Å². The Kier molecular flexibility index (Phi) is 7.56. The van der Waals surface area contributed by atoms with Crippen molar-refractivity contribution < 1.29 is 18.6 Å². The van der Waals surface area contributed by atoms with Crippen molar-refractivity contribution in [2.24, 2.45) is 0 Å². The van der Waals surface area contributed by atoms with Crippen LogP contribution in [0.5, 0.6) is 23.0 Å². The van der Waals surface area contributed by atoms with Crippen molar-refractivity contribution in [3.05, 3.63) is 102 Å². The SMILES string of the molecule is COc1ccc(CNCc2cc(C#N)nc(-c3ccc(Oc4ccc(F)cc4)cc3)c2)c(OC)c1. The summed E-state index contributed by atoms with van der Waals surface area (Å²) in [5, 5.41) is 12.9. The lowest BCUT2D eigenvalue weighted by atomic mass is 10.1. The number of methoxy groups -OCH3 is 2. The molecule has 0 bridgehead atoms. The molecule has 35 heavy (non-hydrogen) atoms. The van der Waals surface area contributed by atoms with Crippen LogP contribution >= 0.6 is 0 Å². The lowest BCUT2D eigenvalue weighted by molar-refractivity contribution is 0.390. The van der Waals surface area contributed by atoms with E-state index in [1.54, 1.807) is 32.4 Å². The van der Waals surface area contributed by atoms with Gasteiger partial charge in [-0.3, -0.25) is 0 Å². The van der Waals surface area contributed by atoms with Crippen LogP contribution in [-0.2, 0) is 13.1 Å². The average Bonchev–Trinajstić information content (AvgIpc) is 2.90. The average molecular weight is 470 g/mol. The minimum atomic E-state index is -0.315. The number of aromatic nitrogens is 1. The molecule has 6 nitrogen and oxygen atoms in total. The minimum absolute atomic E-state index is 0.315. The first-order valence-electron chi connectivity index (χ1n) is 10.9. The molecule has 1 heterocycles. The number of hydrogen-bond acceptors (Lipinski definition) is 6. The summed E-state index contributed by atoms with van der Waals surface area (Å²) in [6.45, 7) is 1.13. The van der Waals surface area contributed by atoms with Crippen LogP contribution in [0.4, 0.5) is 4.39 Å². The molecule has 4 aromatic rings. The molecule has 176 valence electrons. The van der Waals surface area contributed by atoms with E-state index >= 15 is 0 Å². The molecule has 1 aromatic heterocycles. The maximum Gasteiger partial charge on any atom is 0.141 e. The van der Waals surface area contributed by atoms with E-state index in [1.807, 2.05) is 48.5 Å². The van der Waals surface area contributed by atoms with E-state index in [4.69, 9.17) is 14.2 Å². The molecule has 0 saturated heterocycles. The number of benzene rings is 3. The van der Waals surface area contributed by atoms with Crippen molar-refractivity contribution in [1.82, 2.24) is 10.3 Å². The zero-order chi connectivity index (χ0) is 24.6. The summed E-state index contributed by atoms with van der Waals surface area (Å²) < 4.78 is 29.5. The molecule has 7 heteroatoms. The highest BCUT2D eigenvalue weighted by Gasteiger charge is 2.08. The monoisotopic (exact) mass is 469 g/mol. The van der Waals surface area contributed by atoms with Gasteiger partial charge in [0.15, 0.2) is 0 Å². The fourth-order valence-corrected chi connectivity index (χ4v) is 3.57. The van der Waals surface area contributed by atoms with Gasteiger partial charge in [0.2, 0.25) is 0 Å². The predicted molar refractivity (Wildman–Crippen MR) is 131 cm³/mol. The van der Waals surface area contributed by atoms with Gasteiger partial charge in [0, 0.05) is 30.3 Å². The number of nitrogens with zero attached hydrogens (tertiary/aromatic N) is 2. The molecule has 0 spiro atoms. The Bertz CT molecular complexity index is 1330. The molecule has 0 atom stereocenters. The molecule has 0 aliphatic carbocycles. The van der Waals surface area contributed by atoms with Gasteiger partial charge < -0.3 is 19.5 Å². The van der Waals surface area contributed by atoms with Crippen molar-refractivity contribution >= 4 is 0 Å². The Morgan fingerprint density at radius 2 is 1.51 bits per heavy atom. The van der Waals surface area contributed by atoms with E-state index < -0.39 is 0 Å². The third-order valence-electron chi connectivity index (χ3n) is 5.34. The van der Waals surface area contributed by atoms with Crippen molar-refractivity contribution in [3.8, 4) is 40.3 Å². The number of pyridine rings is 1. The van der Waals surface area contributed by atoms with Crippen LogP contribution in [0.25, 0.3) is 11.3 Å². The summed E-state index contributed by atoms with van der Waals surface area (Å²) >= 11 is 0. The summed E-state index contributed by atoms with van der Waals surface area (Å²) in [6.07, 6.45) is 0. The van der Waals surface area contributed by atoms with Gasteiger partial charge in [0.05, 0.1) is 19.9 Å². The Labute approximate surface area is 203 Å². The van der Waals surface area contributed by atoms with Crippen LogP contribution in [0.15, 0.2) is 78.9 Å². The molecule has 0 unspecified atom stereocenters. The van der Waals surface area contributed by atoms with Gasteiger partial charge in [-0.05, 0) is 72.3 Å².